The summed E-state index contributed by atoms with van der Waals surface area (Å²) in [5.74, 6) is -2.13. The molecule has 0 saturated heterocycles. The molecule has 0 fully saturated rings. The number of rotatable bonds is 6. The lowest BCUT2D eigenvalue weighted by atomic mass is 10.0. The number of phosphoric ester groups is 1. The van der Waals surface area contributed by atoms with Crippen molar-refractivity contribution in [2.75, 3.05) is 6.61 Å². The number of pyridine rings is 1. The Labute approximate surface area is 162 Å². The van der Waals surface area contributed by atoms with Crippen LogP contribution in [-0.4, -0.2) is 36.0 Å². The molecule has 0 spiro atoms. The van der Waals surface area contributed by atoms with Gasteiger partial charge in [-0.1, -0.05) is 24.6 Å². The molecule has 0 aliphatic rings. The lowest BCUT2D eigenvalue weighted by Crippen LogP contribution is -2.14. The first-order valence-corrected chi connectivity index (χ1v) is 9.94. The van der Waals surface area contributed by atoms with E-state index in [1.54, 1.807) is 6.92 Å². The summed E-state index contributed by atoms with van der Waals surface area (Å²) in [6, 6.07) is 1.94. The van der Waals surface area contributed by atoms with Gasteiger partial charge in [-0.3, -0.25) is 9.09 Å². The fourth-order valence-corrected chi connectivity index (χ4v) is 3.47. The Morgan fingerprint density at radius 1 is 1.32 bits per heavy atom. The normalized spacial score (nSPS) is 13.2. The molecule has 8 nitrogen and oxygen atoms in total. The second-order valence-corrected chi connectivity index (χ2v) is 7.56. The number of hydrogen-bond acceptors (Lipinski definition) is 5. The van der Waals surface area contributed by atoms with Crippen LogP contribution in [0, 0.1) is 11.6 Å². The fourth-order valence-electron chi connectivity index (χ4n) is 2.86. The van der Waals surface area contributed by atoms with Crippen LogP contribution in [0.2, 0.25) is 5.02 Å². The lowest BCUT2D eigenvalue weighted by molar-refractivity contribution is 0.164. The van der Waals surface area contributed by atoms with E-state index < -0.39 is 38.1 Å². The maximum atomic E-state index is 13.8. The van der Waals surface area contributed by atoms with E-state index in [-0.39, 0.29) is 27.3 Å². The summed E-state index contributed by atoms with van der Waals surface area (Å²) in [5, 5.41) is 10.4. The number of nitrogens with zero attached hydrogens (tertiary/aromatic N) is 3. The zero-order chi connectivity index (χ0) is 20.6. The molecule has 0 amide bonds. The molecule has 2 aromatic heterocycles. The van der Waals surface area contributed by atoms with Crippen molar-refractivity contribution in [1.82, 2.24) is 14.5 Å². The third-order valence-electron chi connectivity index (χ3n) is 4.13. The van der Waals surface area contributed by atoms with Gasteiger partial charge >= 0.3 is 7.82 Å². The van der Waals surface area contributed by atoms with E-state index >= 15 is 0 Å². The molecule has 0 unspecified atom stereocenters. The number of phosphoric acid groups is 1. The first-order valence-electron chi connectivity index (χ1n) is 8.03. The third kappa shape index (κ3) is 4.01. The molecule has 0 radical (unpaired) electrons. The average molecular weight is 434 g/mol. The van der Waals surface area contributed by atoms with Gasteiger partial charge in [0.05, 0.1) is 17.7 Å². The fraction of sp³-hybridized carbons (Fsp3) is 0.250. The van der Waals surface area contributed by atoms with Crippen molar-refractivity contribution in [3.63, 3.8) is 0 Å². The van der Waals surface area contributed by atoms with E-state index in [0.717, 1.165) is 12.1 Å². The molecular formula is C16H15ClF2N3O5P. The van der Waals surface area contributed by atoms with Crippen molar-refractivity contribution in [2.45, 2.75) is 19.4 Å². The molecule has 0 aliphatic heterocycles. The summed E-state index contributed by atoms with van der Waals surface area (Å²) in [5.41, 5.74) is 0.699. The number of hydrogen-bond donors (Lipinski definition) is 3. The predicted octanol–water partition coefficient (Wildman–Crippen LogP) is 3.80. The monoisotopic (exact) mass is 433 g/mol. The molecule has 3 aromatic rings. The van der Waals surface area contributed by atoms with E-state index in [1.807, 2.05) is 0 Å². The number of aromatic hydroxyl groups is 1. The molecule has 3 rings (SSSR count). The van der Waals surface area contributed by atoms with E-state index in [0.29, 0.717) is 6.42 Å². The van der Waals surface area contributed by atoms with Crippen LogP contribution in [0.1, 0.15) is 19.4 Å². The molecule has 2 heterocycles. The summed E-state index contributed by atoms with van der Waals surface area (Å²) < 4.78 is 44.0. The van der Waals surface area contributed by atoms with E-state index in [2.05, 4.69) is 14.5 Å². The van der Waals surface area contributed by atoms with Crippen LogP contribution in [0.4, 0.5) is 8.78 Å². The number of halogens is 3. The van der Waals surface area contributed by atoms with Crippen molar-refractivity contribution in [2.24, 2.45) is 0 Å². The van der Waals surface area contributed by atoms with Crippen LogP contribution >= 0.6 is 19.4 Å². The highest BCUT2D eigenvalue weighted by Gasteiger charge is 2.26. The van der Waals surface area contributed by atoms with E-state index in [9.17, 15) is 18.5 Å². The summed E-state index contributed by atoms with van der Waals surface area (Å²) >= 11 is 6.25. The predicted molar refractivity (Wildman–Crippen MR) is 96.9 cm³/mol. The van der Waals surface area contributed by atoms with Crippen LogP contribution < -0.4 is 0 Å². The molecule has 1 aromatic carbocycles. The molecule has 0 aliphatic carbocycles. The molecule has 28 heavy (non-hydrogen) atoms. The average Bonchev–Trinajstić information content (AvgIpc) is 2.94. The molecule has 1 atom stereocenters. The van der Waals surface area contributed by atoms with Gasteiger partial charge < -0.3 is 14.9 Å². The smallest absolute Gasteiger partial charge is 0.469 e. The van der Waals surface area contributed by atoms with Gasteiger partial charge in [-0.2, -0.15) is 4.98 Å². The number of fused-ring (bicyclic) bond motifs is 1. The van der Waals surface area contributed by atoms with Crippen LogP contribution in [-0.2, 0) is 9.09 Å². The highest BCUT2D eigenvalue weighted by molar-refractivity contribution is 7.46. The molecular weight excluding hydrogens is 419 g/mol. The van der Waals surface area contributed by atoms with Gasteiger partial charge in [0, 0.05) is 11.8 Å². The largest absolute Gasteiger partial charge is 0.480 e. The minimum Gasteiger partial charge on any atom is -0.480 e. The minimum atomic E-state index is -4.75. The van der Waals surface area contributed by atoms with Crippen LogP contribution in [0.5, 0.6) is 6.01 Å². The van der Waals surface area contributed by atoms with Gasteiger partial charge in [-0.15, -0.1) is 0 Å². The SMILES string of the molecule is CC[C@@H](COP(=O)(O)O)n1c(O)nc2ncc(Cl)c(-c3ccc(F)c(F)c3)c21. The Hall–Kier alpha value is -2.10. The number of benzene rings is 1. The Balaban J connectivity index is 2.23. The van der Waals surface area contributed by atoms with Gasteiger partial charge in [0.25, 0.3) is 6.01 Å². The Morgan fingerprint density at radius 2 is 2.04 bits per heavy atom. The standard InChI is InChI=1S/C16H15ClF2N3O5P/c1-2-9(7-27-28(24,25)26)22-14-13(8-3-4-11(18)12(19)5-8)10(17)6-20-15(14)21-16(22)23/h3-6,9H,2,7H2,1H3,(H,20,21,23)(H2,24,25,26)/t9-/m0/s1. The minimum absolute atomic E-state index is 0.0660. The van der Waals surface area contributed by atoms with Gasteiger partial charge in [-0.05, 0) is 24.1 Å². The van der Waals surface area contributed by atoms with Gasteiger partial charge in [0.15, 0.2) is 17.3 Å². The van der Waals surface area contributed by atoms with E-state index in [4.69, 9.17) is 21.4 Å². The molecule has 12 heteroatoms. The van der Waals surface area contributed by atoms with Gasteiger partial charge in [-0.25, -0.2) is 18.3 Å². The summed E-state index contributed by atoms with van der Waals surface area (Å²) in [6.07, 6.45) is 1.55. The topological polar surface area (TPSA) is 118 Å². The zero-order valence-electron chi connectivity index (χ0n) is 14.4. The van der Waals surface area contributed by atoms with Crippen LogP contribution in [0.25, 0.3) is 22.3 Å². The summed E-state index contributed by atoms with van der Waals surface area (Å²) in [6.45, 7) is 1.26. The summed E-state index contributed by atoms with van der Waals surface area (Å²) in [4.78, 5) is 25.9. The second-order valence-electron chi connectivity index (χ2n) is 5.91. The first-order chi connectivity index (χ1) is 13.1. The van der Waals surface area contributed by atoms with Gasteiger partial charge in [0.2, 0.25) is 0 Å². The zero-order valence-corrected chi connectivity index (χ0v) is 16.0. The van der Waals surface area contributed by atoms with Crippen LogP contribution in [0.15, 0.2) is 24.4 Å². The maximum absolute atomic E-state index is 13.8. The number of imidazole rings is 1. The molecule has 150 valence electrons. The first kappa shape index (κ1) is 20.6. The Kier molecular flexibility index (Phi) is 5.69. The second kappa shape index (κ2) is 7.73. The van der Waals surface area contributed by atoms with Gasteiger partial charge in [0.1, 0.15) is 5.52 Å². The van der Waals surface area contributed by atoms with Crippen molar-refractivity contribution in [3.05, 3.63) is 41.1 Å². The third-order valence-corrected chi connectivity index (χ3v) is 4.90. The Bertz CT molecular complexity index is 1090. The highest BCUT2D eigenvalue weighted by atomic mass is 35.5. The lowest BCUT2D eigenvalue weighted by Gasteiger charge is -2.20. The maximum Gasteiger partial charge on any atom is 0.469 e. The van der Waals surface area contributed by atoms with Crippen LogP contribution in [0.3, 0.4) is 0 Å². The van der Waals surface area contributed by atoms with E-state index in [1.165, 1.54) is 16.8 Å². The molecule has 0 bridgehead atoms. The van der Waals surface area contributed by atoms with Crippen molar-refractivity contribution >= 4 is 30.6 Å². The molecule has 3 N–H and O–H groups in total. The molecule has 0 saturated carbocycles. The van der Waals surface area contributed by atoms with Crippen molar-refractivity contribution in [1.29, 1.82) is 0 Å². The van der Waals surface area contributed by atoms with Crippen molar-refractivity contribution in [3.8, 4) is 17.1 Å². The Morgan fingerprint density at radius 3 is 2.64 bits per heavy atom. The highest BCUT2D eigenvalue weighted by Crippen LogP contribution is 2.41. The summed E-state index contributed by atoms with van der Waals surface area (Å²) in [7, 11) is -4.75. The number of aromatic nitrogens is 3. The quantitative estimate of drug-likeness (QED) is 0.506. The van der Waals surface area contributed by atoms with Crippen molar-refractivity contribution < 1.29 is 32.8 Å².